The van der Waals surface area contributed by atoms with Crippen LogP contribution < -0.4 is 0 Å². The largest absolute Gasteiger partial charge is 0.478 e. The zero-order valence-corrected chi connectivity index (χ0v) is 8.47. The molecular weight excluding hydrogens is 214 g/mol. The van der Waals surface area contributed by atoms with E-state index in [1.807, 2.05) is 0 Å². The average Bonchev–Trinajstić information content (AvgIpc) is 2.15. The first-order valence-electron chi connectivity index (χ1n) is 4.40. The molecular formula is C10H9NO5. The lowest BCUT2D eigenvalue weighted by Gasteiger charge is -2.03. The van der Waals surface area contributed by atoms with Crippen LogP contribution >= 0.6 is 0 Å². The van der Waals surface area contributed by atoms with E-state index in [0.29, 0.717) is 0 Å². The second kappa shape index (κ2) is 4.52. The first kappa shape index (κ1) is 11.8. The van der Waals surface area contributed by atoms with Crippen LogP contribution in [-0.4, -0.2) is 21.8 Å². The van der Waals surface area contributed by atoms with Gasteiger partial charge in [0.15, 0.2) is 5.78 Å². The van der Waals surface area contributed by atoms with Gasteiger partial charge in [-0.3, -0.25) is 14.9 Å². The van der Waals surface area contributed by atoms with Crippen LogP contribution in [0.15, 0.2) is 18.2 Å². The van der Waals surface area contributed by atoms with E-state index < -0.39 is 17.4 Å². The Bertz CT molecular complexity index is 466. The minimum atomic E-state index is -1.24. The van der Waals surface area contributed by atoms with Gasteiger partial charge in [0.2, 0.25) is 6.54 Å². The maximum Gasteiger partial charge on any atom is 0.336 e. The monoisotopic (exact) mass is 223 g/mol. The van der Waals surface area contributed by atoms with Crippen LogP contribution in [0.4, 0.5) is 0 Å². The number of carboxylic acid groups (broad SMARTS) is 1. The Morgan fingerprint density at radius 1 is 1.44 bits per heavy atom. The molecule has 0 aliphatic heterocycles. The third-order valence-corrected chi connectivity index (χ3v) is 2.04. The normalized spacial score (nSPS) is 9.81. The molecule has 0 spiro atoms. The molecule has 0 radical (unpaired) electrons. The summed E-state index contributed by atoms with van der Waals surface area (Å²) in [6.07, 6.45) is 0. The SMILES string of the molecule is CC(=O)c1ccc(C(=O)O)c(C[N+](=O)[O-])c1. The number of benzene rings is 1. The molecule has 0 heterocycles. The molecule has 0 saturated heterocycles. The van der Waals surface area contributed by atoms with Crippen molar-refractivity contribution in [2.24, 2.45) is 0 Å². The van der Waals surface area contributed by atoms with Gasteiger partial charge in [-0.2, -0.15) is 0 Å². The molecule has 1 aromatic rings. The molecule has 0 bridgehead atoms. The number of carboxylic acids is 1. The molecule has 0 aliphatic carbocycles. The number of nitro groups is 1. The Morgan fingerprint density at radius 2 is 2.06 bits per heavy atom. The van der Waals surface area contributed by atoms with Crippen LogP contribution in [-0.2, 0) is 6.54 Å². The molecule has 0 unspecified atom stereocenters. The van der Waals surface area contributed by atoms with Crippen molar-refractivity contribution in [3.8, 4) is 0 Å². The molecule has 0 aliphatic rings. The molecule has 0 atom stereocenters. The van der Waals surface area contributed by atoms with Gasteiger partial charge in [-0.1, -0.05) is 6.07 Å². The number of Topliss-reactive ketones (excluding diaryl/α,β-unsaturated/α-hetero) is 1. The minimum absolute atomic E-state index is 0.0326. The van der Waals surface area contributed by atoms with E-state index in [4.69, 9.17) is 5.11 Å². The number of aromatic carboxylic acids is 1. The summed E-state index contributed by atoms with van der Waals surface area (Å²) in [6.45, 7) is 0.703. The zero-order valence-electron chi connectivity index (χ0n) is 8.47. The molecule has 0 amide bonds. The Kier molecular flexibility index (Phi) is 3.34. The fraction of sp³-hybridized carbons (Fsp3) is 0.200. The van der Waals surface area contributed by atoms with Crippen LogP contribution in [0, 0.1) is 10.1 Å². The van der Waals surface area contributed by atoms with E-state index in [1.54, 1.807) is 0 Å². The Hall–Kier alpha value is -2.24. The molecule has 0 saturated carbocycles. The second-order valence-electron chi connectivity index (χ2n) is 3.22. The molecule has 1 aromatic carbocycles. The Labute approximate surface area is 90.7 Å². The molecule has 6 nitrogen and oxygen atoms in total. The molecule has 1 rings (SSSR count). The van der Waals surface area contributed by atoms with Crippen molar-refractivity contribution in [3.63, 3.8) is 0 Å². The molecule has 16 heavy (non-hydrogen) atoms. The summed E-state index contributed by atoms with van der Waals surface area (Å²) < 4.78 is 0. The van der Waals surface area contributed by atoms with Gasteiger partial charge in [-0.05, 0) is 19.1 Å². The van der Waals surface area contributed by atoms with Crippen molar-refractivity contribution in [2.75, 3.05) is 0 Å². The predicted octanol–water partition coefficient (Wildman–Crippen LogP) is 1.36. The van der Waals surface area contributed by atoms with Crippen molar-refractivity contribution < 1.29 is 19.6 Å². The summed E-state index contributed by atoms with van der Waals surface area (Å²) >= 11 is 0. The van der Waals surface area contributed by atoms with Gasteiger partial charge in [-0.25, -0.2) is 4.79 Å². The summed E-state index contributed by atoms with van der Waals surface area (Å²) in [5, 5.41) is 19.2. The highest BCUT2D eigenvalue weighted by Crippen LogP contribution is 2.14. The zero-order chi connectivity index (χ0) is 12.3. The Balaban J connectivity index is 3.26. The van der Waals surface area contributed by atoms with Crippen LogP contribution in [0.25, 0.3) is 0 Å². The summed E-state index contributed by atoms with van der Waals surface area (Å²) in [7, 11) is 0. The number of hydrogen-bond acceptors (Lipinski definition) is 4. The van der Waals surface area contributed by atoms with E-state index in [-0.39, 0.29) is 22.5 Å². The standard InChI is InChI=1S/C10H9NO5/c1-6(12)7-2-3-9(10(13)14)8(4-7)5-11(15)16/h2-4H,5H2,1H3,(H,13,14). The topological polar surface area (TPSA) is 97.5 Å². The lowest BCUT2D eigenvalue weighted by molar-refractivity contribution is -0.496. The van der Waals surface area contributed by atoms with Crippen molar-refractivity contribution in [3.05, 3.63) is 45.0 Å². The van der Waals surface area contributed by atoms with Crippen molar-refractivity contribution in [2.45, 2.75) is 13.5 Å². The first-order chi connectivity index (χ1) is 7.41. The molecule has 0 aromatic heterocycles. The fourth-order valence-electron chi connectivity index (χ4n) is 1.29. The van der Waals surface area contributed by atoms with Gasteiger partial charge in [0, 0.05) is 16.1 Å². The maximum atomic E-state index is 11.0. The minimum Gasteiger partial charge on any atom is -0.478 e. The third-order valence-electron chi connectivity index (χ3n) is 2.04. The van der Waals surface area contributed by atoms with Crippen LogP contribution in [0.2, 0.25) is 0 Å². The van der Waals surface area contributed by atoms with Crippen molar-refractivity contribution >= 4 is 11.8 Å². The smallest absolute Gasteiger partial charge is 0.336 e. The van der Waals surface area contributed by atoms with Gasteiger partial charge < -0.3 is 5.11 Å². The summed E-state index contributed by atoms with van der Waals surface area (Å²) in [6, 6.07) is 3.79. The van der Waals surface area contributed by atoms with Crippen LogP contribution in [0.5, 0.6) is 0 Å². The van der Waals surface area contributed by atoms with E-state index in [9.17, 15) is 19.7 Å². The summed E-state index contributed by atoms with van der Waals surface area (Å²) in [5.41, 5.74) is 0.147. The quantitative estimate of drug-likeness (QED) is 0.472. The fourth-order valence-corrected chi connectivity index (χ4v) is 1.29. The molecule has 1 N–H and O–H groups in total. The number of ketones is 1. The van der Waals surface area contributed by atoms with Gasteiger partial charge in [-0.15, -0.1) is 0 Å². The van der Waals surface area contributed by atoms with Crippen molar-refractivity contribution in [1.82, 2.24) is 0 Å². The highest BCUT2D eigenvalue weighted by molar-refractivity contribution is 5.96. The molecule has 84 valence electrons. The first-order valence-corrected chi connectivity index (χ1v) is 4.40. The van der Waals surface area contributed by atoms with E-state index in [1.165, 1.54) is 25.1 Å². The number of carbonyl (C=O) groups excluding carboxylic acids is 1. The van der Waals surface area contributed by atoms with Crippen LogP contribution in [0.3, 0.4) is 0 Å². The lowest BCUT2D eigenvalue weighted by atomic mass is 10.0. The van der Waals surface area contributed by atoms with E-state index in [2.05, 4.69) is 0 Å². The number of nitrogens with zero attached hydrogens (tertiary/aromatic N) is 1. The highest BCUT2D eigenvalue weighted by Gasteiger charge is 2.15. The third kappa shape index (κ3) is 2.63. The van der Waals surface area contributed by atoms with Gasteiger partial charge in [0.25, 0.3) is 0 Å². The number of rotatable bonds is 4. The van der Waals surface area contributed by atoms with Gasteiger partial charge in [0.1, 0.15) is 0 Å². The van der Waals surface area contributed by atoms with E-state index in [0.717, 1.165) is 0 Å². The summed E-state index contributed by atoms with van der Waals surface area (Å²) in [5.74, 6) is -1.51. The predicted molar refractivity (Wildman–Crippen MR) is 54.1 cm³/mol. The number of carbonyl (C=O) groups is 2. The van der Waals surface area contributed by atoms with Crippen LogP contribution in [0.1, 0.15) is 33.2 Å². The van der Waals surface area contributed by atoms with Gasteiger partial charge in [0.05, 0.1) is 5.56 Å². The summed E-state index contributed by atoms with van der Waals surface area (Å²) in [4.78, 5) is 31.5. The second-order valence-corrected chi connectivity index (χ2v) is 3.22. The maximum absolute atomic E-state index is 11.0. The van der Waals surface area contributed by atoms with Gasteiger partial charge >= 0.3 is 5.97 Å². The highest BCUT2D eigenvalue weighted by atomic mass is 16.6. The molecule has 0 fully saturated rings. The Morgan fingerprint density at radius 3 is 2.50 bits per heavy atom. The lowest BCUT2D eigenvalue weighted by Crippen LogP contribution is -2.08. The van der Waals surface area contributed by atoms with Crippen molar-refractivity contribution in [1.29, 1.82) is 0 Å². The van der Waals surface area contributed by atoms with E-state index >= 15 is 0 Å². The number of hydrogen-bond donors (Lipinski definition) is 1. The average molecular weight is 223 g/mol. The molecule has 6 heteroatoms.